The normalized spacial score (nSPS) is 9.86. The lowest BCUT2D eigenvalue weighted by atomic mass is 10.2. The van der Waals surface area contributed by atoms with E-state index in [2.05, 4.69) is 0 Å². The minimum atomic E-state index is -1.52. The molecule has 0 unspecified atom stereocenters. The number of halogens is 2. The zero-order chi connectivity index (χ0) is 10.9. The molecular weight excluding hydrogens is 308 g/mol. The Bertz CT molecular complexity index is 381. The Morgan fingerprint density at radius 3 is 2.57 bits per heavy atom. The van der Waals surface area contributed by atoms with Crippen LogP contribution in [0.15, 0.2) is 12.1 Å². The highest BCUT2D eigenvalue weighted by Crippen LogP contribution is 2.23. The number of hydrogen-bond donors (Lipinski definition) is 1. The molecule has 0 bridgehead atoms. The molecule has 0 saturated carbocycles. The van der Waals surface area contributed by atoms with E-state index >= 15 is 0 Å². The maximum absolute atomic E-state index is 12.9. The first-order valence-electron chi connectivity index (χ1n) is 3.30. The summed E-state index contributed by atoms with van der Waals surface area (Å²) in [5, 5.41) is 19.0. The summed E-state index contributed by atoms with van der Waals surface area (Å²) < 4.78 is 12.9. The zero-order valence-corrected chi connectivity index (χ0v) is 8.69. The number of rotatable bonds is 2. The molecule has 0 aliphatic rings. The van der Waals surface area contributed by atoms with Gasteiger partial charge in [-0.25, -0.2) is 9.18 Å². The largest absolute Gasteiger partial charge is 0.477 e. The van der Waals surface area contributed by atoms with Crippen LogP contribution in [0, 0.1) is 19.5 Å². The molecule has 0 spiro atoms. The summed E-state index contributed by atoms with van der Waals surface area (Å²) in [4.78, 5) is 20.1. The minimum absolute atomic E-state index is 0.0132. The van der Waals surface area contributed by atoms with Gasteiger partial charge in [0.25, 0.3) is 5.69 Å². The predicted octanol–water partition coefficient (Wildman–Crippen LogP) is 2.04. The topological polar surface area (TPSA) is 80.4 Å². The van der Waals surface area contributed by atoms with Gasteiger partial charge in [0, 0.05) is 6.07 Å². The van der Waals surface area contributed by atoms with Crippen molar-refractivity contribution in [2.45, 2.75) is 0 Å². The molecule has 0 aliphatic heterocycles. The molecule has 0 radical (unpaired) electrons. The standard InChI is InChI=1S/C7H3FINO4/c8-4-1-3(7(11)12)6(10(13)14)2-5(4)9/h1-2H,(H,11,12). The van der Waals surface area contributed by atoms with Crippen molar-refractivity contribution in [3.8, 4) is 0 Å². The van der Waals surface area contributed by atoms with Crippen molar-refractivity contribution in [1.29, 1.82) is 0 Å². The lowest BCUT2D eigenvalue weighted by Crippen LogP contribution is -2.04. The van der Waals surface area contributed by atoms with E-state index in [9.17, 15) is 19.3 Å². The van der Waals surface area contributed by atoms with Crippen LogP contribution in [0.5, 0.6) is 0 Å². The van der Waals surface area contributed by atoms with E-state index < -0.39 is 28.0 Å². The maximum Gasteiger partial charge on any atom is 0.342 e. The second-order valence-corrected chi connectivity index (χ2v) is 3.51. The molecule has 5 nitrogen and oxygen atoms in total. The minimum Gasteiger partial charge on any atom is -0.477 e. The highest BCUT2D eigenvalue weighted by Gasteiger charge is 2.22. The van der Waals surface area contributed by atoms with Crippen molar-refractivity contribution in [2.75, 3.05) is 0 Å². The summed E-state index contributed by atoms with van der Waals surface area (Å²) in [7, 11) is 0. The van der Waals surface area contributed by atoms with Crippen LogP contribution < -0.4 is 0 Å². The zero-order valence-electron chi connectivity index (χ0n) is 6.53. The van der Waals surface area contributed by atoms with Crippen LogP contribution >= 0.6 is 22.6 Å². The number of hydrogen-bond acceptors (Lipinski definition) is 3. The van der Waals surface area contributed by atoms with Crippen molar-refractivity contribution in [3.05, 3.63) is 37.2 Å². The molecule has 1 N–H and O–H groups in total. The molecule has 74 valence electrons. The third-order valence-corrected chi connectivity index (χ3v) is 2.29. The molecule has 0 aliphatic carbocycles. The molecular formula is C7H3FINO4. The summed E-state index contributed by atoms with van der Waals surface area (Å²) in [5.74, 6) is -2.31. The number of aromatic carboxylic acids is 1. The van der Waals surface area contributed by atoms with Crippen molar-refractivity contribution < 1.29 is 19.2 Å². The number of nitro groups is 1. The first-order chi connectivity index (χ1) is 6.43. The lowest BCUT2D eigenvalue weighted by molar-refractivity contribution is -0.385. The van der Waals surface area contributed by atoms with Gasteiger partial charge in [0.2, 0.25) is 0 Å². The first kappa shape index (κ1) is 10.8. The fraction of sp³-hybridized carbons (Fsp3) is 0. The van der Waals surface area contributed by atoms with Gasteiger partial charge in [-0.3, -0.25) is 10.1 Å². The van der Waals surface area contributed by atoms with Gasteiger partial charge in [0.05, 0.1) is 8.49 Å². The monoisotopic (exact) mass is 311 g/mol. The fourth-order valence-electron chi connectivity index (χ4n) is 0.859. The Kier molecular flexibility index (Phi) is 2.99. The summed E-state index contributed by atoms with van der Waals surface area (Å²) in [5.41, 5.74) is -1.25. The summed E-state index contributed by atoms with van der Waals surface area (Å²) >= 11 is 1.55. The Morgan fingerprint density at radius 1 is 1.57 bits per heavy atom. The second-order valence-electron chi connectivity index (χ2n) is 2.35. The van der Waals surface area contributed by atoms with Gasteiger partial charge in [-0.2, -0.15) is 0 Å². The summed E-state index contributed by atoms with van der Waals surface area (Å²) in [6.07, 6.45) is 0. The molecule has 7 heteroatoms. The van der Waals surface area contributed by atoms with Gasteiger partial charge >= 0.3 is 5.97 Å². The van der Waals surface area contributed by atoms with Crippen molar-refractivity contribution in [2.24, 2.45) is 0 Å². The van der Waals surface area contributed by atoms with Crippen LogP contribution in [0.3, 0.4) is 0 Å². The van der Waals surface area contributed by atoms with Crippen LogP contribution in [-0.4, -0.2) is 16.0 Å². The molecule has 0 fully saturated rings. The molecule has 1 rings (SSSR count). The Balaban J connectivity index is 3.46. The SMILES string of the molecule is O=C(O)c1cc(F)c(I)cc1[N+](=O)[O-]. The van der Waals surface area contributed by atoms with E-state index in [-0.39, 0.29) is 3.57 Å². The quantitative estimate of drug-likeness (QED) is 0.515. The maximum atomic E-state index is 12.9. The Hall–Kier alpha value is -1.25. The van der Waals surface area contributed by atoms with Gasteiger partial charge in [-0.1, -0.05) is 0 Å². The molecule has 1 aromatic carbocycles. The lowest BCUT2D eigenvalue weighted by Gasteiger charge is -1.99. The van der Waals surface area contributed by atoms with Gasteiger partial charge in [0.1, 0.15) is 11.4 Å². The van der Waals surface area contributed by atoms with Gasteiger partial charge < -0.3 is 5.11 Å². The molecule has 1 aromatic rings. The van der Waals surface area contributed by atoms with Crippen molar-refractivity contribution in [1.82, 2.24) is 0 Å². The third kappa shape index (κ3) is 1.97. The number of benzene rings is 1. The summed E-state index contributed by atoms with van der Waals surface area (Å²) in [6, 6.07) is 1.53. The van der Waals surface area contributed by atoms with E-state index in [0.717, 1.165) is 6.07 Å². The van der Waals surface area contributed by atoms with E-state index in [4.69, 9.17) is 5.11 Å². The van der Waals surface area contributed by atoms with Gasteiger partial charge in [-0.05, 0) is 28.7 Å². The second kappa shape index (κ2) is 3.86. The molecule has 0 heterocycles. The van der Waals surface area contributed by atoms with Crippen molar-refractivity contribution in [3.63, 3.8) is 0 Å². The number of carbonyl (C=O) groups is 1. The molecule has 14 heavy (non-hydrogen) atoms. The highest BCUT2D eigenvalue weighted by atomic mass is 127. The number of nitrogens with zero attached hydrogens (tertiary/aromatic N) is 1. The van der Waals surface area contributed by atoms with E-state index in [1.807, 2.05) is 0 Å². The van der Waals surface area contributed by atoms with Crippen LogP contribution in [0.4, 0.5) is 10.1 Å². The van der Waals surface area contributed by atoms with E-state index in [0.29, 0.717) is 6.07 Å². The predicted molar refractivity (Wildman–Crippen MR) is 52.7 cm³/mol. The average molecular weight is 311 g/mol. The smallest absolute Gasteiger partial charge is 0.342 e. The molecule has 0 aromatic heterocycles. The molecule has 0 saturated heterocycles. The highest BCUT2D eigenvalue weighted by molar-refractivity contribution is 14.1. The number of carboxylic acid groups (broad SMARTS) is 1. The van der Waals surface area contributed by atoms with Crippen LogP contribution in [0.1, 0.15) is 10.4 Å². The van der Waals surface area contributed by atoms with Crippen LogP contribution in [0.2, 0.25) is 0 Å². The summed E-state index contributed by atoms with van der Waals surface area (Å²) in [6.45, 7) is 0. The molecule has 0 atom stereocenters. The van der Waals surface area contributed by atoms with Crippen LogP contribution in [-0.2, 0) is 0 Å². The molecule has 0 amide bonds. The van der Waals surface area contributed by atoms with E-state index in [1.54, 1.807) is 22.6 Å². The average Bonchev–Trinajstić information content (AvgIpc) is 2.08. The van der Waals surface area contributed by atoms with Gasteiger partial charge in [-0.15, -0.1) is 0 Å². The third-order valence-electron chi connectivity index (χ3n) is 1.47. The Morgan fingerprint density at radius 2 is 2.14 bits per heavy atom. The van der Waals surface area contributed by atoms with Crippen LogP contribution in [0.25, 0.3) is 0 Å². The first-order valence-corrected chi connectivity index (χ1v) is 4.38. The van der Waals surface area contributed by atoms with E-state index in [1.165, 1.54) is 0 Å². The number of nitro benzene ring substituents is 1. The van der Waals surface area contributed by atoms with Gasteiger partial charge in [0.15, 0.2) is 0 Å². The Labute approximate surface area is 90.8 Å². The number of carboxylic acids is 1. The van der Waals surface area contributed by atoms with Crippen molar-refractivity contribution >= 4 is 34.2 Å². The fourth-order valence-corrected chi connectivity index (χ4v) is 1.31.